The van der Waals surface area contributed by atoms with Crippen molar-refractivity contribution in [2.75, 3.05) is 19.3 Å². The summed E-state index contributed by atoms with van der Waals surface area (Å²) in [5.74, 6) is 0.446. The molecule has 3 rings (SSSR count). The van der Waals surface area contributed by atoms with Crippen molar-refractivity contribution in [2.45, 2.75) is 6.61 Å². The second kappa shape index (κ2) is 9.26. The number of nitrogens with zero attached hydrogens (tertiary/aromatic N) is 3. The third-order valence-electron chi connectivity index (χ3n) is 3.81. The molecule has 7 nitrogen and oxygen atoms in total. The van der Waals surface area contributed by atoms with Gasteiger partial charge < -0.3 is 9.47 Å². The van der Waals surface area contributed by atoms with Crippen LogP contribution in [0.5, 0.6) is 5.88 Å². The van der Waals surface area contributed by atoms with Crippen LogP contribution in [0, 0.1) is 3.57 Å². The lowest BCUT2D eigenvalue weighted by Crippen LogP contribution is -2.30. The smallest absolute Gasteiger partial charge is 0.438 e. The van der Waals surface area contributed by atoms with E-state index in [0.717, 1.165) is 19.9 Å². The highest BCUT2D eigenvalue weighted by Crippen LogP contribution is 2.25. The minimum Gasteiger partial charge on any atom is -0.472 e. The number of benzene rings is 2. The van der Waals surface area contributed by atoms with E-state index in [4.69, 9.17) is 25.9 Å². The fourth-order valence-corrected chi connectivity index (χ4v) is 3.18. The third kappa shape index (κ3) is 4.75. The Balaban J connectivity index is 1.78. The molecule has 0 atom stereocenters. The Morgan fingerprint density at radius 2 is 1.93 bits per heavy atom. The quantitative estimate of drug-likeness (QED) is 0.348. The van der Waals surface area contributed by atoms with Gasteiger partial charge >= 0.3 is 6.09 Å². The minimum absolute atomic E-state index is 0.195. The fraction of sp³-hybridized carbons (Fsp3) is 0.158. The highest BCUT2D eigenvalue weighted by atomic mass is 127. The summed E-state index contributed by atoms with van der Waals surface area (Å²) < 4.78 is 13.3. The highest BCUT2D eigenvalue weighted by molar-refractivity contribution is 14.1. The zero-order valence-corrected chi connectivity index (χ0v) is 18.0. The van der Waals surface area contributed by atoms with Gasteiger partial charge in [-0.05, 0) is 65.1 Å². The topological polar surface area (TPSA) is 65.8 Å². The van der Waals surface area contributed by atoms with Crippen molar-refractivity contribution in [3.63, 3.8) is 0 Å². The van der Waals surface area contributed by atoms with Gasteiger partial charge in [0.25, 0.3) is 0 Å². The predicted molar refractivity (Wildman–Crippen MR) is 114 cm³/mol. The number of aromatic nitrogens is 2. The molecule has 9 heteroatoms. The van der Waals surface area contributed by atoms with E-state index < -0.39 is 6.09 Å². The summed E-state index contributed by atoms with van der Waals surface area (Å²) in [4.78, 5) is 17.1. The number of carbonyl (C=O) groups is 1. The summed E-state index contributed by atoms with van der Waals surface area (Å²) in [7, 11) is 2.69. The zero-order valence-electron chi connectivity index (χ0n) is 15.1. The van der Waals surface area contributed by atoms with Crippen LogP contribution in [-0.4, -0.2) is 30.1 Å². The molecule has 0 fully saturated rings. The van der Waals surface area contributed by atoms with Crippen molar-refractivity contribution >= 4 is 46.0 Å². The Hall–Kier alpha value is -2.30. The minimum atomic E-state index is -0.628. The van der Waals surface area contributed by atoms with E-state index in [0.29, 0.717) is 16.6 Å². The summed E-state index contributed by atoms with van der Waals surface area (Å²) in [5.41, 5.74) is 2.15. The SMILES string of the molecule is COC(=O)N(OC)c1ccc(I)cc1COc1ccn(-c2ccc(Cl)cc2)n1. The van der Waals surface area contributed by atoms with Gasteiger partial charge in [0.1, 0.15) is 6.61 Å². The van der Waals surface area contributed by atoms with Crippen LogP contribution in [0.4, 0.5) is 10.5 Å². The molecule has 1 amide bonds. The number of hydrogen-bond donors (Lipinski definition) is 0. The van der Waals surface area contributed by atoms with Gasteiger partial charge in [0.15, 0.2) is 0 Å². The molecule has 0 aliphatic heterocycles. The van der Waals surface area contributed by atoms with Crippen molar-refractivity contribution in [3.05, 3.63) is 68.9 Å². The number of anilines is 1. The normalized spacial score (nSPS) is 10.6. The number of rotatable bonds is 6. The van der Waals surface area contributed by atoms with E-state index in [-0.39, 0.29) is 6.61 Å². The van der Waals surface area contributed by atoms with Gasteiger partial charge in [-0.25, -0.2) is 9.48 Å². The van der Waals surface area contributed by atoms with Crippen molar-refractivity contribution in [1.82, 2.24) is 9.78 Å². The first kappa shape index (κ1) is 20.4. The molecular weight excluding hydrogens is 497 g/mol. The van der Waals surface area contributed by atoms with Gasteiger partial charge in [-0.15, -0.1) is 5.10 Å². The average Bonchev–Trinajstić information content (AvgIpc) is 3.17. The molecule has 0 bridgehead atoms. The second-order valence-corrected chi connectivity index (χ2v) is 7.27. The van der Waals surface area contributed by atoms with Gasteiger partial charge in [0.2, 0.25) is 5.88 Å². The van der Waals surface area contributed by atoms with Crippen LogP contribution in [0.1, 0.15) is 5.56 Å². The first-order chi connectivity index (χ1) is 13.5. The molecule has 2 aromatic carbocycles. The number of amides is 1. The number of halogens is 2. The van der Waals surface area contributed by atoms with Crippen LogP contribution >= 0.6 is 34.2 Å². The Labute approximate surface area is 180 Å². The van der Waals surface area contributed by atoms with Crippen molar-refractivity contribution in [3.8, 4) is 11.6 Å². The van der Waals surface area contributed by atoms with Gasteiger partial charge in [-0.1, -0.05) is 11.6 Å². The predicted octanol–water partition coefficient (Wildman–Crippen LogP) is 4.84. The van der Waals surface area contributed by atoms with E-state index in [1.807, 2.05) is 24.3 Å². The van der Waals surface area contributed by atoms with E-state index in [1.54, 1.807) is 35.1 Å². The fourth-order valence-electron chi connectivity index (χ4n) is 2.50. The molecule has 0 spiro atoms. The summed E-state index contributed by atoms with van der Waals surface area (Å²) in [6.45, 7) is 0.195. The molecule has 1 aromatic heterocycles. The Morgan fingerprint density at radius 3 is 2.61 bits per heavy atom. The lowest BCUT2D eigenvalue weighted by atomic mass is 10.2. The van der Waals surface area contributed by atoms with Crippen LogP contribution < -0.4 is 9.80 Å². The van der Waals surface area contributed by atoms with Crippen LogP contribution in [0.3, 0.4) is 0 Å². The molecule has 3 aromatic rings. The van der Waals surface area contributed by atoms with Crippen LogP contribution in [0.25, 0.3) is 5.69 Å². The van der Waals surface area contributed by atoms with Crippen LogP contribution in [-0.2, 0) is 16.2 Å². The monoisotopic (exact) mass is 513 g/mol. The number of hydroxylamine groups is 1. The lowest BCUT2D eigenvalue weighted by Gasteiger charge is -2.21. The number of methoxy groups -OCH3 is 1. The maximum atomic E-state index is 11.9. The number of ether oxygens (including phenoxy) is 2. The molecule has 1 heterocycles. The van der Waals surface area contributed by atoms with E-state index >= 15 is 0 Å². The van der Waals surface area contributed by atoms with Gasteiger partial charge in [0, 0.05) is 26.4 Å². The molecule has 146 valence electrons. The summed E-state index contributed by atoms with van der Waals surface area (Å²) >= 11 is 8.11. The summed E-state index contributed by atoms with van der Waals surface area (Å²) in [6.07, 6.45) is 1.17. The van der Waals surface area contributed by atoms with E-state index in [2.05, 4.69) is 27.7 Å². The molecular formula is C19H17ClIN3O4. The standard InChI is InChI=1S/C19H17ClIN3O4/c1-26-19(25)24(27-2)17-8-5-15(21)11-13(17)12-28-18-9-10-23(22-18)16-6-3-14(20)4-7-16/h3-11H,12H2,1-2H3. The molecule has 0 aliphatic rings. The molecule has 0 saturated carbocycles. The summed E-state index contributed by atoms with van der Waals surface area (Å²) in [6, 6.07) is 14.6. The Morgan fingerprint density at radius 1 is 1.18 bits per heavy atom. The van der Waals surface area contributed by atoms with Crippen LogP contribution in [0.15, 0.2) is 54.7 Å². The molecule has 0 N–H and O–H groups in total. The molecule has 28 heavy (non-hydrogen) atoms. The van der Waals surface area contributed by atoms with Gasteiger partial charge in [-0.3, -0.25) is 4.84 Å². The number of carbonyl (C=O) groups excluding carboxylic acids is 1. The second-order valence-electron chi connectivity index (χ2n) is 5.58. The van der Waals surface area contributed by atoms with Crippen molar-refractivity contribution in [1.29, 1.82) is 0 Å². The van der Waals surface area contributed by atoms with Crippen molar-refractivity contribution < 1.29 is 19.1 Å². The molecule has 0 aliphatic carbocycles. The summed E-state index contributed by atoms with van der Waals surface area (Å²) in [5, 5.41) is 6.14. The zero-order chi connectivity index (χ0) is 20.1. The lowest BCUT2D eigenvalue weighted by molar-refractivity contribution is 0.115. The molecule has 0 unspecified atom stereocenters. The van der Waals surface area contributed by atoms with Gasteiger partial charge in [-0.2, -0.15) is 5.06 Å². The van der Waals surface area contributed by atoms with Crippen LogP contribution in [0.2, 0.25) is 5.02 Å². The third-order valence-corrected chi connectivity index (χ3v) is 4.74. The highest BCUT2D eigenvalue weighted by Gasteiger charge is 2.20. The Bertz CT molecular complexity index is 962. The van der Waals surface area contributed by atoms with Crippen molar-refractivity contribution in [2.24, 2.45) is 0 Å². The van der Waals surface area contributed by atoms with Gasteiger partial charge in [0.05, 0.1) is 25.6 Å². The first-order valence-corrected chi connectivity index (χ1v) is 9.62. The average molecular weight is 514 g/mol. The first-order valence-electron chi connectivity index (χ1n) is 8.17. The largest absolute Gasteiger partial charge is 0.472 e. The maximum Gasteiger partial charge on any atom is 0.438 e. The Kier molecular flexibility index (Phi) is 6.76. The van der Waals surface area contributed by atoms with E-state index in [9.17, 15) is 4.79 Å². The molecule has 0 saturated heterocycles. The van der Waals surface area contributed by atoms with E-state index in [1.165, 1.54) is 14.2 Å². The molecule has 0 radical (unpaired) electrons. The maximum absolute atomic E-state index is 11.9. The number of hydrogen-bond acceptors (Lipinski definition) is 5.